The van der Waals surface area contributed by atoms with Gasteiger partial charge < -0.3 is 10.2 Å². The number of hydrogen-bond acceptors (Lipinski definition) is 5. The minimum absolute atomic E-state index is 0.00979. The van der Waals surface area contributed by atoms with Crippen LogP contribution in [0.15, 0.2) is 35.7 Å². The molecule has 9 heteroatoms. The van der Waals surface area contributed by atoms with Crippen molar-refractivity contribution in [2.75, 3.05) is 18.4 Å². The number of thiazole rings is 1. The van der Waals surface area contributed by atoms with Gasteiger partial charge in [-0.2, -0.15) is 0 Å². The van der Waals surface area contributed by atoms with Gasteiger partial charge in [-0.15, -0.1) is 22.7 Å². The van der Waals surface area contributed by atoms with Crippen LogP contribution in [0.3, 0.4) is 0 Å². The first-order chi connectivity index (χ1) is 14.4. The maximum absolute atomic E-state index is 13.5. The predicted octanol–water partition coefficient (Wildman–Crippen LogP) is 4.95. The highest BCUT2D eigenvalue weighted by atomic mass is 32.1. The standard InChI is InChI=1S/C21H19F2N3O2S2/c1-12-18(14-4-5-15(22)16(23)11-14)24-21(30-12)25-19(27)13-6-8-26(9-7-13)20(28)17-3-2-10-29-17/h2-5,10-11,13H,6-9H2,1H3,(H,24,25,27). The lowest BCUT2D eigenvalue weighted by molar-refractivity contribution is -0.121. The van der Waals surface area contributed by atoms with E-state index in [9.17, 15) is 18.4 Å². The van der Waals surface area contributed by atoms with E-state index in [2.05, 4.69) is 10.3 Å². The highest BCUT2D eigenvalue weighted by Crippen LogP contribution is 2.32. The van der Waals surface area contributed by atoms with Crippen LogP contribution in [0.25, 0.3) is 11.3 Å². The van der Waals surface area contributed by atoms with Crippen molar-refractivity contribution in [2.45, 2.75) is 19.8 Å². The molecule has 0 bridgehead atoms. The first-order valence-corrected chi connectivity index (χ1v) is 11.2. The Kier molecular flexibility index (Phi) is 5.92. The summed E-state index contributed by atoms with van der Waals surface area (Å²) in [6.07, 6.45) is 1.17. The average molecular weight is 448 g/mol. The summed E-state index contributed by atoms with van der Waals surface area (Å²) in [4.78, 5) is 32.8. The number of likely N-dealkylation sites (tertiary alicyclic amines) is 1. The zero-order chi connectivity index (χ0) is 21.3. The van der Waals surface area contributed by atoms with Crippen LogP contribution in [0.5, 0.6) is 0 Å². The van der Waals surface area contributed by atoms with Gasteiger partial charge in [-0.25, -0.2) is 13.8 Å². The van der Waals surface area contributed by atoms with Gasteiger partial charge >= 0.3 is 0 Å². The van der Waals surface area contributed by atoms with Gasteiger partial charge in [-0.1, -0.05) is 6.07 Å². The van der Waals surface area contributed by atoms with E-state index in [0.717, 1.165) is 17.0 Å². The molecule has 0 unspecified atom stereocenters. The van der Waals surface area contributed by atoms with Crippen LogP contribution in [0.2, 0.25) is 0 Å². The molecular formula is C21H19F2N3O2S2. The molecule has 3 heterocycles. The number of nitrogens with one attached hydrogen (secondary N) is 1. The maximum Gasteiger partial charge on any atom is 0.263 e. The molecule has 0 aliphatic carbocycles. The van der Waals surface area contributed by atoms with Crippen LogP contribution >= 0.6 is 22.7 Å². The number of rotatable bonds is 4. The Bertz CT molecular complexity index is 1070. The number of amides is 2. The Hall–Kier alpha value is -2.65. The van der Waals surface area contributed by atoms with Crippen LogP contribution < -0.4 is 5.32 Å². The second kappa shape index (κ2) is 8.61. The zero-order valence-electron chi connectivity index (χ0n) is 16.2. The van der Waals surface area contributed by atoms with Crippen LogP contribution in [0.4, 0.5) is 13.9 Å². The monoisotopic (exact) mass is 447 g/mol. The van der Waals surface area contributed by atoms with E-state index in [0.29, 0.717) is 47.2 Å². The van der Waals surface area contributed by atoms with Gasteiger partial charge in [0.25, 0.3) is 5.91 Å². The molecule has 0 radical (unpaired) electrons. The number of carbonyl (C=O) groups is 2. The highest BCUT2D eigenvalue weighted by molar-refractivity contribution is 7.16. The minimum atomic E-state index is -0.936. The van der Waals surface area contributed by atoms with Crippen molar-refractivity contribution in [3.8, 4) is 11.3 Å². The second-order valence-electron chi connectivity index (χ2n) is 7.09. The minimum Gasteiger partial charge on any atom is -0.338 e. The fourth-order valence-electron chi connectivity index (χ4n) is 3.47. The lowest BCUT2D eigenvalue weighted by Crippen LogP contribution is -2.41. The summed E-state index contributed by atoms with van der Waals surface area (Å²) in [5, 5.41) is 5.14. The molecule has 0 saturated carbocycles. The number of aryl methyl sites for hydroxylation is 1. The van der Waals surface area contributed by atoms with Crippen LogP contribution in [-0.2, 0) is 4.79 Å². The van der Waals surface area contributed by atoms with Crippen molar-refractivity contribution < 1.29 is 18.4 Å². The second-order valence-corrected chi connectivity index (χ2v) is 9.24. The third kappa shape index (κ3) is 4.27. The first-order valence-electron chi connectivity index (χ1n) is 9.49. The molecule has 1 aliphatic rings. The molecule has 0 spiro atoms. The summed E-state index contributed by atoms with van der Waals surface area (Å²) in [5.74, 6) is -2.17. The number of hydrogen-bond donors (Lipinski definition) is 1. The first kappa shape index (κ1) is 20.6. The fraction of sp³-hybridized carbons (Fsp3) is 0.286. The Morgan fingerprint density at radius 3 is 2.60 bits per heavy atom. The molecule has 1 N–H and O–H groups in total. The molecule has 1 fully saturated rings. The van der Waals surface area contributed by atoms with Gasteiger partial charge in [0, 0.05) is 29.4 Å². The quantitative estimate of drug-likeness (QED) is 0.616. The SMILES string of the molecule is Cc1sc(NC(=O)C2CCN(C(=O)c3cccs3)CC2)nc1-c1ccc(F)c(F)c1. The van der Waals surface area contributed by atoms with E-state index in [-0.39, 0.29) is 17.7 Å². The van der Waals surface area contributed by atoms with E-state index in [1.807, 2.05) is 18.4 Å². The Balaban J connectivity index is 1.38. The molecule has 2 aromatic heterocycles. The van der Waals surface area contributed by atoms with E-state index >= 15 is 0 Å². The lowest BCUT2D eigenvalue weighted by Gasteiger charge is -2.30. The van der Waals surface area contributed by atoms with Gasteiger partial charge in [0.15, 0.2) is 16.8 Å². The van der Waals surface area contributed by atoms with Crippen LogP contribution in [-0.4, -0.2) is 34.8 Å². The molecule has 0 atom stereocenters. The van der Waals surface area contributed by atoms with Gasteiger partial charge in [0.1, 0.15) is 0 Å². The number of aromatic nitrogens is 1. The van der Waals surface area contributed by atoms with Gasteiger partial charge in [0.05, 0.1) is 10.6 Å². The number of anilines is 1. The average Bonchev–Trinajstić information content (AvgIpc) is 3.40. The number of halogens is 2. The lowest BCUT2D eigenvalue weighted by atomic mass is 9.96. The summed E-state index contributed by atoms with van der Waals surface area (Å²) >= 11 is 2.71. The molecule has 1 aromatic carbocycles. The summed E-state index contributed by atoms with van der Waals surface area (Å²) < 4.78 is 26.7. The summed E-state index contributed by atoms with van der Waals surface area (Å²) in [6, 6.07) is 7.28. The van der Waals surface area contributed by atoms with Crippen molar-refractivity contribution in [2.24, 2.45) is 5.92 Å². The Morgan fingerprint density at radius 2 is 1.93 bits per heavy atom. The normalized spacial score (nSPS) is 14.7. The predicted molar refractivity (Wildman–Crippen MR) is 114 cm³/mol. The van der Waals surface area contributed by atoms with Gasteiger partial charge in [0.2, 0.25) is 5.91 Å². The van der Waals surface area contributed by atoms with Crippen molar-refractivity contribution >= 4 is 39.6 Å². The van der Waals surface area contributed by atoms with Gasteiger partial charge in [-0.3, -0.25) is 9.59 Å². The number of nitrogens with zero attached hydrogens (tertiary/aromatic N) is 2. The number of benzene rings is 1. The fourth-order valence-corrected chi connectivity index (χ4v) is 5.00. The third-order valence-electron chi connectivity index (χ3n) is 5.10. The maximum atomic E-state index is 13.5. The number of piperidine rings is 1. The van der Waals surface area contributed by atoms with Crippen molar-refractivity contribution in [1.82, 2.24) is 9.88 Å². The molecule has 156 valence electrons. The number of thiophene rings is 1. The molecule has 2 amide bonds. The van der Waals surface area contributed by atoms with Crippen molar-refractivity contribution in [3.63, 3.8) is 0 Å². The van der Waals surface area contributed by atoms with Crippen molar-refractivity contribution in [3.05, 3.63) is 57.1 Å². The summed E-state index contributed by atoms with van der Waals surface area (Å²) in [6.45, 7) is 2.89. The van der Waals surface area contributed by atoms with E-state index < -0.39 is 11.6 Å². The summed E-state index contributed by atoms with van der Waals surface area (Å²) in [7, 11) is 0. The Morgan fingerprint density at radius 1 is 1.17 bits per heavy atom. The molecule has 4 rings (SSSR count). The Labute approximate surface area is 180 Å². The van der Waals surface area contributed by atoms with Gasteiger partial charge in [-0.05, 0) is 49.4 Å². The van der Waals surface area contributed by atoms with E-state index in [4.69, 9.17) is 0 Å². The van der Waals surface area contributed by atoms with E-state index in [1.54, 1.807) is 11.0 Å². The molecule has 1 aliphatic heterocycles. The van der Waals surface area contributed by atoms with Crippen molar-refractivity contribution in [1.29, 1.82) is 0 Å². The molecule has 3 aromatic rings. The summed E-state index contributed by atoms with van der Waals surface area (Å²) in [5.41, 5.74) is 0.981. The zero-order valence-corrected chi connectivity index (χ0v) is 17.8. The smallest absolute Gasteiger partial charge is 0.263 e. The molecular weight excluding hydrogens is 428 g/mol. The molecule has 30 heavy (non-hydrogen) atoms. The molecule has 1 saturated heterocycles. The topological polar surface area (TPSA) is 62.3 Å². The van der Waals surface area contributed by atoms with E-state index in [1.165, 1.54) is 28.7 Å². The van der Waals surface area contributed by atoms with Crippen LogP contribution in [0, 0.1) is 24.5 Å². The largest absolute Gasteiger partial charge is 0.338 e. The van der Waals surface area contributed by atoms with Crippen LogP contribution in [0.1, 0.15) is 27.4 Å². The third-order valence-corrected chi connectivity index (χ3v) is 6.85. The highest BCUT2D eigenvalue weighted by Gasteiger charge is 2.28. The number of carbonyl (C=O) groups excluding carboxylic acids is 2. The molecule has 5 nitrogen and oxygen atoms in total.